The van der Waals surface area contributed by atoms with E-state index in [0.29, 0.717) is 32.6 Å². The number of hydrogen-bond donors (Lipinski definition) is 1. The zero-order valence-corrected chi connectivity index (χ0v) is 20.0. The Morgan fingerprint density at radius 2 is 1.51 bits per heavy atom. The summed E-state index contributed by atoms with van der Waals surface area (Å²) in [4.78, 5) is 43.4. The van der Waals surface area contributed by atoms with Gasteiger partial charge in [0.1, 0.15) is 5.82 Å². The number of nitrogens with one attached hydrogen (secondary N) is 1. The van der Waals surface area contributed by atoms with Gasteiger partial charge in [-0.2, -0.15) is 5.10 Å². The van der Waals surface area contributed by atoms with E-state index < -0.39 is 5.82 Å². The highest BCUT2D eigenvalue weighted by Crippen LogP contribution is 2.23. The fourth-order valence-corrected chi connectivity index (χ4v) is 5.47. The lowest BCUT2D eigenvalue weighted by atomic mass is 9.90. The summed E-state index contributed by atoms with van der Waals surface area (Å²) in [5.41, 5.74) is 3.27. The van der Waals surface area contributed by atoms with Gasteiger partial charge in [0.2, 0.25) is 0 Å². The third-order valence-electron chi connectivity index (χ3n) is 7.48. The summed E-state index contributed by atoms with van der Waals surface area (Å²) in [6.45, 7) is 3.27. The normalized spacial score (nSPS) is 18.4. The fraction of sp³-hybridized carbons (Fsp3) is 0.538. The predicted octanol–water partition coefficient (Wildman–Crippen LogP) is 2.74. The molecule has 3 aliphatic rings. The molecule has 0 spiro atoms. The molecule has 0 radical (unpaired) electrons. The van der Waals surface area contributed by atoms with Crippen LogP contribution in [0.1, 0.15) is 64.8 Å². The first-order chi connectivity index (χ1) is 17.0. The molecule has 2 fully saturated rings. The number of carbonyl (C=O) groups excluding carboxylic acids is 2. The van der Waals surface area contributed by atoms with E-state index in [1.165, 1.54) is 6.07 Å². The molecule has 1 aromatic heterocycles. The Labute approximate surface area is 204 Å². The zero-order valence-electron chi connectivity index (χ0n) is 20.0. The van der Waals surface area contributed by atoms with E-state index in [4.69, 9.17) is 0 Å². The van der Waals surface area contributed by atoms with Crippen LogP contribution in [-0.4, -0.2) is 76.1 Å². The lowest BCUT2D eigenvalue weighted by Crippen LogP contribution is -2.54. The monoisotopic (exact) mass is 481 g/mol. The van der Waals surface area contributed by atoms with Crippen LogP contribution in [0, 0.1) is 5.82 Å². The number of H-pyrrole nitrogens is 1. The molecule has 0 unspecified atom stereocenters. The number of aromatic amines is 1. The number of fused-ring (bicyclic) bond motifs is 1. The van der Waals surface area contributed by atoms with E-state index in [1.807, 2.05) is 4.90 Å². The topological polar surface area (TPSA) is 89.6 Å². The summed E-state index contributed by atoms with van der Waals surface area (Å²) in [5, 5.41) is 6.86. The molecule has 35 heavy (non-hydrogen) atoms. The van der Waals surface area contributed by atoms with Crippen LogP contribution in [-0.2, 0) is 19.3 Å². The van der Waals surface area contributed by atoms with Crippen molar-refractivity contribution >= 4 is 11.9 Å². The van der Waals surface area contributed by atoms with Crippen LogP contribution in [0.4, 0.5) is 9.18 Å². The smallest absolute Gasteiger partial charge is 0.320 e. The van der Waals surface area contributed by atoms with Crippen molar-refractivity contribution in [1.29, 1.82) is 0 Å². The van der Waals surface area contributed by atoms with Crippen molar-refractivity contribution in [2.75, 3.05) is 39.3 Å². The minimum Gasteiger partial charge on any atom is -0.335 e. The lowest BCUT2D eigenvalue weighted by Gasteiger charge is -2.38. The van der Waals surface area contributed by atoms with Gasteiger partial charge in [-0.3, -0.25) is 9.59 Å². The molecule has 3 heterocycles. The summed E-state index contributed by atoms with van der Waals surface area (Å²) >= 11 is 0. The van der Waals surface area contributed by atoms with Crippen LogP contribution in [0.25, 0.3) is 0 Å². The molecule has 1 N–H and O–H groups in total. The molecule has 2 aliphatic heterocycles. The van der Waals surface area contributed by atoms with Crippen molar-refractivity contribution in [3.05, 3.63) is 62.3 Å². The molecule has 1 aromatic carbocycles. The molecule has 8 nitrogen and oxygen atoms in total. The van der Waals surface area contributed by atoms with E-state index in [0.717, 1.165) is 80.4 Å². The summed E-state index contributed by atoms with van der Waals surface area (Å²) in [6.07, 6.45) is 7.24. The molecular weight excluding hydrogens is 449 g/mol. The number of likely N-dealkylation sites (tertiary alicyclic amines) is 1. The molecule has 0 atom stereocenters. The molecule has 0 bridgehead atoms. The molecule has 3 amide bonds. The maximum absolute atomic E-state index is 14.7. The molecule has 186 valence electrons. The van der Waals surface area contributed by atoms with Crippen LogP contribution in [0.2, 0.25) is 0 Å². The number of amides is 3. The van der Waals surface area contributed by atoms with Gasteiger partial charge in [-0.25, -0.2) is 14.3 Å². The molecule has 2 aromatic rings. The molecule has 9 heteroatoms. The minimum atomic E-state index is -0.554. The first-order valence-corrected chi connectivity index (χ1v) is 12.7. The van der Waals surface area contributed by atoms with Gasteiger partial charge >= 0.3 is 6.03 Å². The number of hydrogen-bond acceptors (Lipinski definition) is 4. The van der Waals surface area contributed by atoms with Crippen molar-refractivity contribution in [3.8, 4) is 0 Å². The predicted molar refractivity (Wildman–Crippen MR) is 129 cm³/mol. The highest BCUT2D eigenvalue weighted by atomic mass is 19.1. The van der Waals surface area contributed by atoms with Gasteiger partial charge in [-0.15, -0.1) is 0 Å². The summed E-state index contributed by atoms with van der Waals surface area (Å²) in [7, 11) is 0. The van der Waals surface area contributed by atoms with Gasteiger partial charge in [-0.1, -0.05) is 6.07 Å². The average molecular weight is 482 g/mol. The van der Waals surface area contributed by atoms with E-state index >= 15 is 0 Å². The number of urea groups is 1. The van der Waals surface area contributed by atoms with Gasteiger partial charge in [0.25, 0.3) is 11.5 Å². The highest BCUT2D eigenvalue weighted by molar-refractivity contribution is 5.95. The van der Waals surface area contributed by atoms with Gasteiger partial charge < -0.3 is 14.7 Å². The van der Waals surface area contributed by atoms with Crippen molar-refractivity contribution in [2.24, 2.45) is 0 Å². The Hall–Kier alpha value is -3.23. The second-order valence-corrected chi connectivity index (χ2v) is 9.76. The van der Waals surface area contributed by atoms with Gasteiger partial charge in [0.05, 0.1) is 11.3 Å². The lowest BCUT2D eigenvalue weighted by molar-refractivity contribution is 0.0628. The Balaban J connectivity index is 1.27. The highest BCUT2D eigenvalue weighted by Gasteiger charge is 2.29. The number of halogens is 1. The summed E-state index contributed by atoms with van der Waals surface area (Å²) in [6, 6.07) is 4.65. The maximum atomic E-state index is 14.7. The quantitative estimate of drug-likeness (QED) is 0.730. The van der Waals surface area contributed by atoms with E-state index in [-0.39, 0.29) is 23.1 Å². The molecule has 0 saturated carbocycles. The number of rotatable bonds is 3. The number of carbonyl (C=O) groups is 2. The van der Waals surface area contributed by atoms with Crippen molar-refractivity contribution in [2.45, 2.75) is 51.4 Å². The third kappa shape index (κ3) is 4.94. The van der Waals surface area contributed by atoms with E-state index in [1.54, 1.807) is 21.9 Å². The van der Waals surface area contributed by atoms with Crippen LogP contribution in [0.15, 0.2) is 23.0 Å². The largest absolute Gasteiger partial charge is 0.335 e. The zero-order chi connectivity index (χ0) is 24.4. The molecule has 5 rings (SSSR count). The second-order valence-electron chi connectivity index (χ2n) is 9.76. The number of piperazine rings is 1. The van der Waals surface area contributed by atoms with Crippen LogP contribution >= 0.6 is 0 Å². The molecule has 1 aliphatic carbocycles. The summed E-state index contributed by atoms with van der Waals surface area (Å²) < 4.78 is 14.7. The Morgan fingerprint density at radius 3 is 2.26 bits per heavy atom. The SMILES string of the molecule is O=C(c1cc(Cc2n[nH]c(=O)c3c2CCCC3)ccc1F)N1CCN(C(=O)N2CCCCC2)CC1. The van der Waals surface area contributed by atoms with E-state index in [9.17, 15) is 18.8 Å². The van der Waals surface area contributed by atoms with Crippen molar-refractivity contribution < 1.29 is 14.0 Å². The van der Waals surface area contributed by atoms with E-state index in [2.05, 4.69) is 10.2 Å². The van der Waals surface area contributed by atoms with Crippen LogP contribution in [0.3, 0.4) is 0 Å². The van der Waals surface area contributed by atoms with Crippen molar-refractivity contribution in [1.82, 2.24) is 24.9 Å². The Bertz CT molecular complexity index is 1170. The third-order valence-corrected chi connectivity index (χ3v) is 7.48. The summed E-state index contributed by atoms with van der Waals surface area (Å²) in [5.74, 6) is -0.909. The van der Waals surface area contributed by atoms with Gasteiger partial charge in [0, 0.05) is 51.3 Å². The average Bonchev–Trinajstić information content (AvgIpc) is 2.91. The molecule has 2 saturated heterocycles. The number of aromatic nitrogens is 2. The first-order valence-electron chi connectivity index (χ1n) is 12.7. The second kappa shape index (κ2) is 10.2. The standard InChI is InChI=1S/C26H32FN5O3/c27-22-9-8-18(17-23-19-6-2-3-7-20(19)24(33)29-28-23)16-21(22)25(34)30-12-14-32(15-13-30)26(35)31-10-4-1-5-11-31/h8-9,16H,1-7,10-15,17H2,(H,29,33). The molecular formula is C26H32FN5O3. The maximum Gasteiger partial charge on any atom is 0.320 e. The number of nitrogens with zero attached hydrogens (tertiary/aromatic N) is 4. The van der Waals surface area contributed by atoms with Gasteiger partial charge in [0.15, 0.2) is 0 Å². The van der Waals surface area contributed by atoms with Gasteiger partial charge in [-0.05, 0) is 68.2 Å². The number of piperidine rings is 1. The Kier molecular flexibility index (Phi) is 6.83. The van der Waals surface area contributed by atoms with Crippen LogP contribution in [0.5, 0.6) is 0 Å². The minimum absolute atomic E-state index is 0.0385. The Morgan fingerprint density at radius 1 is 0.857 bits per heavy atom. The fourth-order valence-electron chi connectivity index (χ4n) is 5.47. The van der Waals surface area contributed by atoms with Crippen molar-refractivity contribution in [3.63, 3.8) is 0 Å². The number of benzene rings is 1. The van der Waals surface area contributed by atoms with Crippen LogP contribution < -0.4 is 5.56 Å². The first kappa shape index (κ1) is 23.5.